The number of likely N-dealkylation sites (tertiary alicyclic amines) is 1. The summed E-state index contributed by atoms with van der Waals surface area (Å²) in [5, 5.41) is 14.5. The van der Waals surface area contributed by atoms with E-state index in [1.165, 1.54) is 25.7 Å². The number of aliphatic hydroxyl groups is 1. The van der Waals surface area contributed by atoms with Crippen molar-refractivity contribution in [1.29, 1.82) is 0 Å². The molecule has 1 fully saturated rings. The molecule has 180 valence electrons. The Balaban J connectivity index is 1.69. The molecular formula is C26H42N2O4. The molecule has 2 aliphatic heterocycles. The first-order valence-corrected chi connectivity index (χ1v) is 12.6. The van der Waals surface area contributed by atoms with Gasteiger partial charge >= 0.3 is 0 Å². The maximum Gasteiger partial charge on any atom is 0.220 e. The number of unbranched alkanes of at least 4 members (excludes halogenated alkanes) is 4. The summed E-state index contributed by atoms with van der Waals surface area (Å²) in [6.07, 6.45) is 8.82. The Kier molecular flexibility index (Phi) is 9.67. The largest absolute Gasteiger partial charge is 0.486 e. The van der Waals surface area contributed by atoms with Crippen molar-refractivity contribution in [2.24, 2.45) is 0 Å². The molecule has 32 heavy (non-hydrogen) atoms. The fourth-order valence-corrected chi connectivity index (χ4v) is 4.93. The molecule has 0 bridgehead atoms. The van der Waals surface area contributed by atoms with Gasteiger partial charge in [0.1, 0.15) is 19.3 Å². The topological polar surface area (TPSA) is 71.0 Å². The summed E-state index contributed by atoms with van der Waals surface area (Å²) in [6.45, 7) is 8.38. The van der Waals surface area contributed by atoms with E-state index in [1.54, 1.807) is 0 Å². The minimum atomic E-state index is -0.809. The van der Waals surface area contributed by atoms with E-state index in [-0.39, 0.29) is 11.9 Å². The number of rotatable bonds is 11. The average Bonchev–Trinajstić information content (AvgIpc) is 2.80. The number of nitrogens with one attached hydrogen (secondary N) is 1. The molecule has 0 spiro atoms. The van der Waals surface area contributed by atoms with Crippen molar-refractivity contribution >= 4 is 5.91 Å². The minimum absolute atomic E-state index is 0.0282. The molecular weight excluding hydrogens is 404 g/mol. The zero-order chi connectivity index (χ0) is 22.9. The number of nitrogens with zero attached hydrogens (tertiary/aromatic N) is 1. The molecule has 3 rings (SSSR count). The van der Waals surface area contributed by atoms with Gasteiger partial charge in [-0.2, -0.15) is 0 Å². The van der Waals surface area contributed by atoms with E-state index in [0.29, 0.717) is 49.8 Å². The van der Waals surface area contributed by atoms with Crippen molar-refractivity contribution in [3.63, 3.8) is 0 Å². The Hall–Kier alpha value is -1.79. The minimum Gasteiger partial charge on any atom is -0.486 e. The predicted octanol–water partition coefficient (Wildman–Crippen LogP) is 4.60. The van der Waals surface area contributed by atoms with Crippen LogP contribution < -0.4 is 14.8 Å². The summed E-state index contributed by atoms with van der Waals surface area (Å²) >= 11 is 0. The zero-order valence-electron chi connectivity index (χ0n) is 20.1. The lowest BCUT2D eigenvalue weighted by atomic mass is 9.94. The molecule has 1 aromatic carbocycles. The average molecular weight is 447 g/mol. The molecule has 0 saturated carbocycles. The van der Waals surface area contributed by atoms with Crippen LogP contribution in [0.4, 0.5) is 0 Å². The highest BCUT2D eigenvalue weighted by atomic mass is 16.6. The van der Waals surface area contributed by atoms with Crippen molar-refractivity contribution in [2.75, 3.05) is 19.8 Å². The third-order valence-electron chi connectivity index (χ3n) is 6.93. The Morgan fingerprint density at radius 3 is 2.50 bits per heavy atom. The zero-order valence-corrected chi connectivity index (χ0v) is 20.1. The molecule has 0 aromatic heterocycles. The molecule has 0 aliphatic carbocycles. The van der Waals surface area contributed by atoms with Crippen LogP contribution in [-0.2, 0) is 4.79 Å². The highest BCUT2D eigenvalue weighted by molar-refractivity contribution is 5.76. The van der Waals surface area contributed by atoms with Crippen molar-refractivity contribution in [3.05, 3.63) is 23.8 Å². The van der Waals surface area contributed by atoms with Crippen LogP contribution in [0, 0.1) is 0 Å². The number of carbonyl (C=O) groups excluding carboxylic acids is 1. The third-order valence-corrected chi connectivity index (χ3v) is 6.93. The van der Waals surface area contributed by atoms with E-state index in [9.17, 15) is 9.90 Å². The molecule has 1 amide bonds. The molecule has 6 nitrogen and oxygen atoms in total. The van der Waals surface area contributed by atoms with Gasteiger partial charge in [-0.3, -0.25) is 9.69 Å². The number of piperidine rings is 1. The van der Waals surface area contributed by atoms with Crippen molar-refractivity contribution in [1.82, 2.24) is 10.2 Å². The lowest BCUT2D eigenvalue weighted by molar-refractivity contribution is -0.123. The van der Waals surface area contributed by atoms with Crippen LogP contribution in [0.25, 0.3) is 0 Å². The SMILES string of the molecule is CCCCCCCC(=O)NC(CN1C(C)CCCC1C)C(O)c1ccc2c(c1)OCCO2. The van der Waals surface area contributed by atoms with Crippen molar-refractivity contribution in [3.8, 4) is 11.5 Å². The number of carbonyl (C=O) groups is 1. The summed E-state index contributed by atoms with van der Waals surface area (Å²) in [6, 6.07) is 6.10. The Bertz CT molecular complexity index is 716. The van der Waals surface area contributed by atoms with Gasteiger partial charge < -0.3 is 19.9 Å². The number of hydrogen-bond donors (Lipinski definition) is 2. The molecule has 4 unspecified atom stereocenters. The monoisotopic (exact) mass is 446 g/mol. The molecule has 6 heteroatoms. The lowest BCUT2D eigenvalue weighted by Gasteiger charge is -2.42. The summed E-state index contributed by atoms with van der Waals surface area (Å²) < 4.78 is 11.3. The van der Waals surface area contributed by atoms with Crippen LogP contribution in [0.3, 0.4) is 0 Å². The first-order chi connectivity index (χ1) is 15.5. The smallest absolute Gasteiger partial charge is 0.220 e. The Labute approximate surface area is 193 Å². The lowest BCUT2D eigenvalue weighted by Crippen LogP contribution is -2.53. The van der Waals surface area contributed by atoms with Crippen LogP contribution >= 0.6 is 0 Å². The van der Waals surface area contributed by atoms with Gasteiger partial charge in [0, 0.05) is 25.0 Å². The van der Waals surface area contributed by atoms with Crippen LogP contribution in [-0.4, -0.2) is 53.8 Å². The molecule has 0 radical (unpaired) electrons. The molecule has 2 aliphatic rings. The van der Waals surface area contributed by atoms with Gasteiger partial charge in [0.05, 0.1) is 6.04 Å². The number of ether oxygens (including phenoxy) is 2. The number of benzene rings is 1. The van der Waals surface area contributed by atoms with E-state index in [1.807, 2.05) is 18.2 Å². The molecule has 1 saturated heterocycles. The Morgan fingerprint density at radius 1 is 1.09 bits per heavy atom. The van der Waals surface area contributed by atoms with E-state index in [4.69, 9.17) is 9.47 Å². The highest BCUT2D eigenvalue weighted by Gasteiger charge is 2.32. The van der Waals surface area contributed by atoms with Crippen LogP contribution in [0.2, 0.25) is 0 Å². The number of aliphatic hydroxyl groups excluding tert-OH is 1. The fourth-order valence-electron chi connectivity index (χ4n) is 4.93. The Morgan fingerprint density at radius 2 is 1.78 bits per heavy atom. The maximum absolute atomic E-state index is 12.8. The standard InChI is InChI=1S/C26H42N2O4/c1-4-5-6-7-8-12-25(29)27-22(18-28-19(2)10-9-11-20(28)3)26(30)21-13-14-23-24(17-21)32-16-15-31-23/h13-14,17,19-20,22,26,30H,4-12,15-16,18H2,1-3H3,(H,27,29). The molecule has 2 heterocycles. The second-order valence-corrected chi connectivity index (χ2v) is 9.51. The fraction of sp³-hybridized carbons (Fsp3) is 0.731. The summed E-state index contributed by atoms with van der Waals surface area (Å²) in [5.41, 5.74) is 0.750. The van der Waals surface area contributed by atoms with Gasteiger partial charge in [0.15, 0.2) is 11.5 Å². The predicted molar refractivity (Wildman–Crippen MR) is 127 cm³/mol. The molecule has 4 atom stereocenters. The van der Waals surface area contributed by atoms with E-state index in [2.05, 4.69) is 31.0 Å². The normalized spacial score (nSPS) is 22.9. The van der Waals surface area contributed by atoms with Crippen LogP contribution in [0.1, 0.15) is 90.2 Å². The first kappa shape index (κ1) is 24.8. The number of amides is 1. The van der Waals surface area contributed by atoms with E-state index < -0.39 is 6.10 Å². The summed E-state index contributed by atoms with van der Waals surface area (Å²) in [4.78, 5) is 15.2. The second kappa shape index (κ2) is 12.4. The number of hydrogen-bond acceptors (Lipinski definition) is 5. The van der Waals surface area contributed by atoms with Gasteiger partial charge in [-0.1, -0.05) is 45.1 Å². The van der Waals surface area contributed by atoms with Crippen LogP contribution in [0.15, 0.2) is 18.2 Å². The van der Waals surface area contributed by atoms with Gasteiger partial charge in [-0.25, -0.2) is 0 Å². The molecule has 2 N–H and O–H groups in total. The van der Waals surface area contributed by atoms with Crippen molar-refractivity contribution in [2.45, 2.75) is 103 Å². The van der Waals surface area contributed by atoms with Gasteiger partial charge in [0.25, 0.3) is 0 Å². The van der Waals surface area contributed by atoms with Crippen LogP contribution in [0.5, 0.6) is 11.5 Å². The maximum atomic E-state index is 12.8. The highest BCUT2D eigenvalue weighted by Crippen LogP contribution is 2.34. The van der Waals surface area contributed by atoms with E-state index >= 15 is 0 Å². The second-order valence-electron chi connectivity index (χ2n) is 9.51. The van der Waals surface area contributed by atoms with Crippen molar-refractivity contribution < 1.29 is 19.4 Å². The first-order valence-electron chi connectivity index (χ1n) is 12.6. The van der Waals surface area contributed by atoms with E-state index in [0.717, 1.165) is 31.2 Å². The quantitative estimate of drug-likeness (QED) is 0.486. The number of fused-ring (bicyclic) bond motifs is 1. The van der Waals surface area contributed by atoms with Gasteiger partial charge in [-0.15, -0.1) is 0 Å². The summed E-state index contributed by atoms with van der Waals surface area (Å²) in [5.74, 6) is 1.40. The van der Waals surface area contributed by atoms with Gasteiger partial charge in [0.2, 0.25) is 5.91 Å². The summed E-state index contributed by atoms with van der Waals surface area (Å²) in [7, 11) is 0. The third kappa shape index (κ3) is 6.85. The molecule has 1 aromatic rings. The van der Waals surface area contributed by atoms with Gasteiger partial charge in [-0.05, 0) is 50.8 Å².